The summed E-state index contributed by atoms with van der Waals surface area (Å²) in [5.41, 5.74) is 0.534. The summed E-state index contributed by atoms with van der Waals surface area (Å²) in [6.45, 7) is 4.47. The van der Waals surface area contributed by atoms with Crippen molar-refractivity contribution in [2.75, 3.05) is 33.4 Å². The molecule has 3 fully saturated rings. The molecular weight excluding hydrogens is 260 g/mol. The summed E-state index contributed by atoms with van der Waals surface area (Å²) < 4.78 is 5.53. The van der Waals surface area contributed by atoms with E-state index in [4.69, 9.17) is 4.74 Å². The van der Waals surface area contributed by atoms with Crippen LogP contribution in [0.1, 0.15) is 64.2 Å². The fourth-order valence-electron chi connectivity index (χ4n) is 4.30. The lowest BCUT2D eigenvalue weighted by molar-refractivity contribution is 0.0239. The number of hydrogen-bond donors (Lipinski definition) is 1. The molecule has 3 rings (SSSR count). The summed E-state index contributed by atoms with van der Waals surface area (Å²) in [7, 11) is 2.36. The van der Waals surface area contributed by atoms with E-state index in [-0.39, 0.29) is 0 Å². The molecule has 3 heteroatoms. The normalized spacial score (nSPS) is 27.7. The minimum atomic E-state index is 0.534. The van der Waals surface area contributed by atoms with E-state index in [0.29, 0.717) is 5.41 Å². The number of nitrogens with one attached hydrogen (secondary N) is 1. The Morgan fingerprint density at radius 1 is 1.00 bits per heavy atom. The van der Waals surface area contributed by atoms with Crippen LogP contribution < -0.4 is 5.32 Å². The van der Waals surface area contributed by atoms with Gasteiger partial charge in [0.25, 0.3) is 0 Å². The van der Waals surface area contributed by atoms with E-state index in [1.165, 1.54) is 77.3 Å². The zero-order valence-corrected chi connectivity index (χ0v) is 13.9. The summed E-state index contributed by atoms with van der Waals surface area (Å²) >= 11 is 0. The van der Waals surface area contributed by atoms with Gasteiger partial charge in [-0.05, 0) is 51.0 Å². The van der Waals surface area contributed by atoms with Crippen LogP contribution in [0.25, 0.3) is 0 Å². The van der Waals surface area contributed by atoms with Crippen LogP contribution in [0.4, 0.5) is 0 Å². The molecule has 1 N–H and O–H groups in total. The van der Waals surface area contributed by atoms with Gasteiger partial charge in [-0.1, -0.05) is 25.7 Å². The topological polar surface area (TPSA) is 24.5 Å². The van der Waals surface area contributed by atoms with E-state index in [2.05, 4.69) is 17.3 Å². The first-order valence-electron chi connectivity index (χ1n) is 9.29. The first-order valence-corrected chi connectivity index (χ1v) is 9.29. The molecule has 0 aromatic carbocycles. The van der Waals surface area contributed by atoms with Gasteiger partial charge in [0.15, 0.2) is 0 Å². The van der Waals surface area contributed by atoms with Gasteiger partial charge in [0.05, 0.1) is 0 Å². The monoisotopic (exact) mass is 294 g/mol. The molecule has 1 aliphatic heterocycles. The molecule has 0 radical (unpaired) electrons. The van der Waals surface area contributed by atoms with Crippen LogP contribution in [0.5, 0.6) is 0 Å². The van der Waals surface area contributed by atoms with E-state index in [9.17, 15) is 0 Å². The lowest BCUT2D eigenvalue weighted by atomic mass is 9.79. The maximum atomic E-state index is 5.53. The Balaban J connectivity index is 1.58. The molecule has 3 aliphatic rings. The lowest BCUT2D eigenvalue weighted by Crippen LogP contribution is -2.47. The minimum absolute atomic E-state index is 0.534. The Labute approximate surface area is 130 Å². The van der Waals surface area contributed by atoms with Gasteiger partial charge < -0.3 is 15.0 Å². The molecule has 0 unspecified atom stereocenters. The van der Waals surface area contributed by atoms with Crippen molar-refractivity contribution in [3.63, 3.8) is 0 Å². The lowest BCUT2D eigenvalue weighted by Gasteiger charge is -2.41. The molecule has 0 amide bonds. The average Bonchev–Trinajstić information content (AvgIpc) is 3.34. The van der Waals surface area contributed by atoms with Crippen molar-refractivity contribution in [1.82, 2.24) is 10.2 Å². The third-order valence-corrected chi connectivity index (χ3v) is 5.91. The molecule has 0 atom stereocenters. The van der Waals surface area contributed by atoms with Crippen LogP contribution in [0.3, 0.4) is 0 Å². The zero-order valence-electron chi connectivity index (χ0n) is 13.9. The van der Waals surface area contributed by atoms with Crippen molar-refractivity contribution < 1.29 is 4.74 Å². The molecule has 2 saturated carbocycles. The molecule has 0 aromatic heterocycles. The van der Waals surface area contributed by atoms with Gasteiger partial charge in [0, 0.05) is 38.4 Å². The highest BCUT2D eigenvalue weighted by Crippen LogP contribution is 2.37. The van der Waals surface area contributed by atoms with Crippen LogP contribution in [-0.2, 0) is 4.74 Å². The predicted molar refractivity (Wildman–Crippen MR) is 87.6 cm³/mol. The third-order valence-electron chi connectivity index (χ3n) is 5.91. The van der Waals surface area contributed by atoms with Crippen LogP contribution in [0.2, 0.25) is 0 Å². The highest BCUT2D eigenvalue weighted by molar-refractivity contribution is 4.91. The fourth-order valence-corrected chi connectivity index (χ4v) is 4.30. The number of ether oxygens (including phenoxy) is 1. The van der Waals surface area contributed by atoms with Gasteiger partial charge in [-0.3, -0.25) is 0 Å². The fraction of sp³-hybridized carbons (Fsp3) is 1.00. The second-order valence-corrected chi connectivity index (χ2v) is 7.83. The van der Waals surface area contributed by atoms with Gasteiger partial charge in [0.1, 0.15) is 0 Å². The molecule has 122 valence electrons. The predicted octanol–water partition coefficient (Wildman–Crippen LogP) is 3.19. The molecule has 0 spiro atoms. The molecule has 1 saturated heterocycles. The first-order chi connectivity index (χ1) is 10.3. The van der Waals surface area contributed by atoms with E-state index in [0.717, 1.165) is 25.3 Å². The van der Waals surface area contributed by atoms with Crippen LogP contribution in [0.15, 0.2) is 0 Å². The Hall–Kier alpha value is -0.120. The van der Waals surface area contributed by atoms with Gasteiger partial charge in [0.2, 0.25) is 0 Å². The quantitative estimate of drug-likeness (QED) is 0.761. The van der Waals surface area contributed by atoms with E-state index < -0.39 is 0 Å². The zero-order chi connectivity index (χ0) is 14.5. The van der Waals surface area contributed by atoms with Crippen LogP contribution in [-0.4, -0.2) is 50.3 Å². The SMILES string of the molecule is CN(CC1(CNC2CC2)CCCCCC1)C1CCOCC1. The maximum Gasteiger partial charge on any atom is 0.0480 e. The largest absolute Gasteiger partial charge is 0.381 e. The molecule has 3 nitrogen and oxygen atoms in total. The molecule has 21 heavy (non-hydrogen) atoms. The van der Waals surface area contributed by atoms with Crippen molar-refractivity contribution in [3.8, 4) is 0 Å². The van der Waals surface area contributed by atoms with Crippen molar-refractivity contribution >= 4 is 0 Å². The second-order valence-electron chi connectivity index (χ2n) is 7.83. The van der Waals surface area contributed by atoms with Gasteiger partial charge >= 0.3 is 0 Å². The summed E-state index contributed by atoms with van der Waals surface area (Å²) in [6.07, 6.45) is 13.9. The first kappa shape index (κ1) is 15.8. The minimum Gasteiger partial charge on any atom is -0.381 e. The molecule has 0 aromatic rings. The Bertz CT molecular complexity index is 302. The van der Waals surface area contributed by atoms with E-state index in [1.54, 1.807) is 0 Å². The van der Waals surface area contributed by atoms with Crippen molar-refractivity contribution in [2.24, 2.45) is 5.41 Å². The van der Waals surface area contributed by atoms with Crippen molar-refractivity contribution in [2.45, 2.75) is 76.3 Å². The Kier molecular flexibility index (Phi) is 5.58. The smallest absolute Gasteiger partial charge is 0.0480 e. The van der Waals surface area contributed by atoms with E-state index in [1.807, 2.05) is 0 Å². The Morgan fingerprint density at radius 2 is 1.67 bits per heavy atom. The molecule has 0 bridgehead atoms. The number of rotatable bonds is 6. The average molecular weight is 294 g/mol. The summed E-state index contributed by atoms with van der Waals surface area (Å²) in [4.78, 5) is 2.67. The van der Waals surface area contributed by atoms with Gasteiger partial charge in [-0.15, -0.1) is 0 Å². The van der Waals surface area contributed by atoms with E-state index >= 15 is 0 Å². The number of nitrogens with zero attached hydrogens (tertiary/aromatic N) is 1. The van der Waals surface area contributed by atoms with Crippen LogP contribution in [0, 0.1) is 5.41 Å². The second kappa shape index (κ2) is 7.43. The standard InChI is InChI=1S/C18H34N2O/c1-20(17-8-12-21-13-9-17)15-18(14-19-16-6-7-16)10-4-2-3-5-11-18/h16-17,19H,2-15H2,1H3. The van der Waals surface area contributed by atoms with Crippen molar-refractivity contribution in [1.29, 1.82) is 0 Å². The third kappa shape index (κ3) is 4.67. The summed E-state index contributed by atoms with van der Waals surface area (Å²) in [5.74, 6) is 0. The van der Waals surface area contributed by atoms with Crippen LogP contribution >= 0.6 is 0 Å². The van der Waals surface area contributed by atoms with Gasteiger partial charge in [-0.2, -0.15) is 0 Å². The summed E-state index contributed by atoms with van der Waals surface area (Å²) in [5, 5.41) is 3.85. The highest BCUT2D eigenvalue weighted by atomic mass is 16.5. The molecular formula is C18H34N2O. The van der Waals surface area contributed by atoms with Crippen molar-refractivity contribution in [3.05, 3.63) is 0 Å². The van der Waals surface area contributed by atoms with Gasteiger partial charge in [-0.25, -0.2) is 0 Å². The molecule has 2 aliphatic carbocycles. The molecule has 1 heterocycles. The summed E-state index contributed by atoms with van der Waals surface area (Å²) in [6, 6.07) is 1.60. The highest BCUT2D eigenvalue weighted by Gasteiger charge is 2.35. The number of hydrogen-bond acceptors (Lipinski definition) is 3. The Morgan fingerprint density at radius 3 is 2.29 bits per heavy atom. The maximum absolute atomic E-state index is 5.53.